The van der Waals surface area contributed by atoms with Crippen LogP contribution in [0.4, 0.5) is 0 Å². The molecule has 122 valence electrons. The summed E-state index contributed by atoms with van der Waals surface area (Å²) in [7, 11) is 3.34. The Morgan fingerprint density at radius 2 is 1.59 bits per heavy atom. The summed E-state index contributed by atoms with van der Waals surface area (Å²) >= 11 is 0. The minimum Gasteiger partial charge on any atom is -0.497 e. The van der Waals surface area contributed by atoms with E-state index in [2.05, 4.69) is 33.8 Å². The molecule has 0 radical (unpaired) electrons. The van der Waals surface area contributed by atoms with Crippen molar-refractivity contribution < 1.29 is 14.2 Å². The average molecular weight is 304 g/mol. The van der Waals surface area contributed by atoms with Crippen molar-refractivity contribution in [1.29, 1.82) is 0 Å². The van der Waals surface area contributed by atoms with Gasteiger partial charge in [-0.3, -0.25) is 0 Å². The van der Waals surface area contributed by atoms with Gasteiger partial charge in [-0.2, -0.15) is 0 Å². The molecule has 3 nitrogen and oxygen atoms in total. The van der Waals surface area contributed by atoms with Gasteiger partial charge in [0, 0.05) is 12.0 Å². The molecule has 3 heteroatoms. The summed E-state index contributed by atoms with van der Waals surface area (Å²) in [6, 6.07) is 5.90. The predicted molar refractivity (Wildman–Crippen MR) is 90.2 cm³/mol. The topological polar surface area (TPSA) is 27.7 Å². The van der Waals surface area contributed by atoms with E-state index in [0.717, 1.165) is 29.2 Å². The van der Waals surface area contributed by atoms with Gasteiger partial charge in [0.25, 0.3) is 0 Å². The van der Waals surface area contributed by atoms with E-state index in [0.29, 0.717) is 23.9 Å². The molecule has 0 bridgehead atoms. The summed E-state index contributed by atoms with van der Waals surface area (Å²) < 4.78 is 16.9. The first kappa shape index (κ1) is 16.7. The van der Waals surface area contributed by atoms with Crippen molar-refractivity contribution in [1.82, 2.24) is 0 Å². The fourth-order valence-corrected chi connectivity index (χ4v) is 3.14. The zero-order valence-corrected chi connectivity index (χ0v) is 14.6. The van der Waals surface area contributed by atoms with Gasteiger partial charge in [0.1, 0.15) is 23.4 Å². The van der Waals surface area contributed by atoms with Crippen LogP contribution in [0.1, 0.15) is 39.7 Å². The highest BCUT2D eigenvalue weighted by atomic mass is 16.5. The molecule has 0 saturated carbocycles. The molecule has 0 aliphatic carbocycles. The first-order valence-corrected chi connectivity index (χ1v) is 8.11. The third-order valence-corrected chi connectivity index (χ3v) is 5.03. The maximum atomic E-state index is 6.26. The lowest BCUT2D eigenvalue weighted by Gasteiger charge is -2.40. The highest BCUT2D eigenvalue weighted by Gasteiger charge is 2.35. The molecule has 1 heterocycles. The maximum Gasteiger partial charge on any atom is 0.123 e. The zero-order valence-electron chi connectivity index (χ0n) is 14.6. The standard InChI is InChI=1S/C19H28O3/c1-7-18-13(3)12(2)14(4)19(22-18)10-15-8-16(20-5)11-17(9-15)21-6/h8-14,18H,7H2,1-6H3/b19-10+. The Hall–Kier alpha value is -1.64. The maximum absolute atomic E-state index is 6.26. The Labute approximate surface area is 134 Å². The van der Waals surface area contributed by atoms with Crippen LogP contribution in [0.2, 0.25) is 0 Å². The molecule has 1 aromatic carbocycles. The van der Waals surface area contributed by atoms with Gasteiger partial charge in [0.2, 0.25) is 0 Å². The Bertz CT molecular complexity index is 511. The molecular weight excluding hydrogens is 276 g/mol. The lowest BCUT2D eigenvalue weighted by molar-refractivity contribution is -0.0240. The number of methoxy groups -OCH3 is 2. The first-order chi connectivity index (χ1) is 10.5. The first-order valence-electron chi connectivity index (χ1n) is 8.11. The number of rotatable bonds is 4. The van der Waals surface area contributed by atoms with Gasteiger partial charge >= 0.3 is 0 Å². The molecule has 1 fully saturated rings. The largest absolute Gasteiger partial charge is 0.497 e. The Kier molecular flexibility index (Phi) is 5.38. The molecule has 22 heavy (non-hydrogen) atoms. The summed E-state index contributed by atoms with van der Waals surface area (Å²) in [5, 5.41) is 0. The van der Waals surface area contributed by atoms with Crippen LogP contribution in [0.25, 0.3) is 6.08 Å². The molecule has 0 N–H and O–H groups in total. The van der Waals surface area contributed by atoms with Crippen LogP contribution in [-0.2, 0) is 4.74 Å². The van der Waals surface area contributed by atoms with Crippen LogP contribution in [0.3, 0.4) is 0 Å². The van der Waals surface area contributed by atoms with E-state index < -0.39 is 0 Å². The van der Waals surface area contributed by atoms with E-state index >= 15 is 0 Å². The van der Waals surface area contributed by atoms with Gasteiger partial charge < -0.3 is 14.2 Å². The highest BCUT2D eigenvalue weighted by molar-refractivity contribution is 5.57. The van der Waals surface area contributed by atoms with Crippen molar-refractivity contribution in [2.75, 3.05) is 14.2 Å². The molecule has 1 saturated heterocycles. The van der Waals surface area contributed by atoms with E-state index in [-0.39, 0.29) is 0 Å². The molecule has 0 spiro atoms. The van der Waals surface area contributed by atoms with E-state index in [4.69, 9.17) is 14.2 Å². The van der Waals surface area contributed by atoms with Crippen LogP contribution >= 0.6 is 0 Å². The van der Waals surface area contributed by atoms with Crippen LogP contribution in [0.5, 0.6) is 11.5 Å². The Balaban J connectivity index is 2.34. The summed E-state index contributed by atoms with van der Waals surface area (Å²) in [4.78, 5) is 0. The molecule has 1 aliphatic rings. The van der Waals surface area contributed by atoms with Crippen molar-refractivity contribution >= 4 is 6.08 Å². The normalized spacial score (nSPS) is 30.0. The van der Waals surface area contributed by atoms with Crippen LogP contribution < -0.4 is 9.47 Å². The molecule has 4 unspecified atom stereocenters. The van der Waals surface area contributed by atoms with Crippen LogP contribution in [0, 0.1) is 17.8 Å². The molecule has 4 atom stereocenters. The summed E-state index contributed by atoms with van der Waals surface area (Å²) in [6.07, 6.45) is 3.46. The molecule has 1 aliphatic heterocycles. The van der Waals surface area contributed by atoms with Crippen molar-refractivity contribution in [3.63, 3.8) is 0 Å². The minimum atomic E-state index is 0.296. The SMILES string of the molecule is CCC1O/C(=C/c2cc(OC)cc(OC)c2)C(C)C(C)C1C. The third kappa shape index (κ3) is 3.40. The number of hydrogen-bond acceptors (Lipinski definition) is 3. The quantitative estimate of drug-likeness (QED) is 0.802. The van der Waals surface area contributed by atoms with Gasteiger partial charge in [-0.1, -0.05) is 27.7 Å². The smallest absolute Gasteiger partial charge is 0.123 e. The second-order valence-corrected chi connectivity index (χ2v) is 6.26. The molecule has 2 rings (SSSR count). The molecule has 1 aromatic rings. The van der Waals surface area contributed by atoms with Crippen molar-refractivity contribution in [3.8, 4) is 11.5 Å². The lowest BCUT2D eigenvalue weighted by atomic mass is 9.77. The van der Waals surface area contributed by atoms with Crippen LogP contribution in [0.15, 0.2) is 24.0 Å². The monoisotopic (exact) mass is 304 g/mol. The number of benzene rings is 1. The second-order valence-electron chi connectivity index (χ2n) is 6.26. The van der Waals surface area contributed by atoms with E-state index in [1.807, 2.05) is 18.2 Å². The molecule has 0 aromatic heterocycles. The van der Waals surface area contributed by atoms with Crippen molar-refractivity contribution in [2.45, 2.75) is 40.2 Å². The minimum absolute atomic E-state index is 0.296. The second kappa shape index (κ2) is 7.08. The van der Waals surface area contributed by atoms with Gasteiger partial charge in [0.05, 0.1) is 14.2 Å². The third-order valence-electron chi connectivity index (χ3n) is 5.03. The van der Waals surface area contributed by atoms with E-state index in [1.165, 1.54) is 0 Å². The Morgan fingerprint density at radius 1 is 1.00 bits per heavy atom. The zero-order chi connectivity index (χ0) is 16.3. The highest BCUT2D eigenvalue weighted by Crippen LogP contribution is 2.39. The molecule has 0 amide bonds. The predicted octanol–water partition coefficient (Wildman–Crippen LogP) is 4.76. The Morgan fingerprint density at radius 3 is 2.09 bits per heavy atom. The summed E-state index contributed by atoms with van der Waals surface area (Å²) in [5.74, 6) is 4.25. The fraction of sp³-hybridized carbons (Fsp3) is 0.579. The van der Waals surface area contributed by atoms with Crippen LogP contribution in [-0.4, -0.2) is 20.3 Å². The molecular formula is C19H28O3. The number of hydrogen-bond donors (Lipinski definition) is 0. The average Bonchev–Trinajstić information content (AvgIpc) is 2.54. The van der Waals surface area contributed by atoms with Crippen molar-refractivity contribution in [2.24, 2.45) is 17.8 Å². The number of allylic oxidation sites excluding steroid dienone is 1. The van der Waals surface area contributed by atoms with E-state index in [1.54, 1.807) is 14.2 Å². The number of ether oxygens (including phenoxy) is 3. The lowest BCUT2D eigenvalue weighted by Crippen LogP contribution is -2.36. The summed E-state index contributed by atoms with van der Waals surface area (Å²) in [6.45, 7) is 9.05. The van der Waals surface area contributed by atoms with Gasteiger partial charge in [0.15, 0.2) is 0 Å². The van der Waals surface area contributed by atoms with Gasteiger partial charge in [-0.15, -0.1) is 0 Å². The van der Waals surface area contributed by atoms with Crippen molar-refractivity contribution in [3.05, 3.63) is 29.5 Å². The van der Waals surface area contributed by atoms with E-state index in [9.17, 15) is 0 Å². The fourth-order valence-electron chi connectivity index (χ4n) is 3.14. The van der Waals surface area contributed by atoms with Gasteiger partial charge in [-0.05, 0) is 42.0 Å². The summed E-state index contributed by atoms with van der Waals surface area (Å²) in [5.41, 5.74) is 1.05. The van der Waals surface area contributed by atoms with Gasteiger partial charge in [-0.25, -0.2) is 0 Å².